The lowest BCUT2D eigenvalue weighted by Gasteiger charge is -2.11. The fourth-order valence-corrected chi connectivity index (χ4v) is 10.1. The molecule has 6 heterocycles. The standard InChI is InChI=1S/C20H13F5N4O3S2.C20H14F4N4O3S2/c1-28-16(31)13-8(6-33-17(13)29(2)19(28)32)5-12(30)27-18-26-11(7-34-18)9-3-4-10(21)14(15(9)22)20(23,24)25;1-27-16(30)15-10(7-32-17(15)28(2)19(27)31)6-14(29)26-18-25-13(8-33-18)9-3-4-11(12(21)5-9)20(22,23)24/h3-4,6-7H,5H2,1-2H3,(H,26,27,30);3-5,7-8H,6H2,1-2H3,(H,25,26,29). The van der Waals surface area contributed by atoms with Gasteiger partial charge in [0.2, 0.25) is 11.8 Å². The number of benzene rings is 2. The molecular formula is C40H27F9N8O6S4. The normalized spacial score (nSPS) is 11.8. The van der Waals surface area contributed by atoms with Crippen molar-refractivity contribution in [1.82, 2.24) is 28.2 Å². The third kappa shape index (κ3) is 9.48. The summed E-state index contributed by atoms with van der Waals surface area (Å²) in [5.41, 5.74) is -5.05. The lowest BCUT2D eigenvalue weighted by Crippen LogP contribution is -2.36. The number of hydrogen-bond donors (Lipinski definition) is 2. The number of carbonyl (C=O) groups is 2. The molecule has 2 amide bonds. The Morgan fingerprint density at radius 3 is 1.54 bits per heavy atom. The SMILES string of the molecule is Cn1c(=O)c2c(CC(=O)Nc3nc(-c4ccc(C(F)(F)F)c(F)c4)cs3)csc2n(C)c1=O.Cn1c(=O)c2c(CC(=O)Nc3nc(-c4ccc(F)c(C(F)(F)F)c4F)cs3)csc2n(C)c1=O. The van der Waals surface area contributed by atoms with Crippen LogP contribution in [0.25, 0.3) is 42.9 Å². The first-order valence-corrected chi connectivity index (χ1v) is 22.1. The van der Waals surface area contributed by atoms with Crippen LogP contribution in [0.3, 0.4) is 0 Å². The van der Waals surface area contributed by atoms with Crippen LogP contribution in [0.1, 0.15) is 22.3 Å². The summed E-state index contributed by atoms with van der Waals surface area (Å²) in [7, 11) is 5.71. The monoisotopic (exact) mass is 1010 g/mol. The number of amides is 2. The number of aryl methyl sites for hydroxylation is 2. The summed E-state index contributed by atoms with van der Waals surface area (Å²) >= 11 is 4.15. The zero-order valence-corrected chi connectivity index (χ0v) is 37.5. The number of fused-ring (bicyclic) bond motifs is 2. The van der Waals surface area contributed by atoms with Gasteiger partial charge in [0, 0.05) is 50.1 Å². The van der Waals surface area contributed by atoms with Crippen molar-refractivity contribution >= 4 is 87.9 Å². The molecule has 2 aromatic carbocycles. The van der Waals surface area contributed by atoms with Gasteiger partial charge in [-0.25, -0.2) is 32.7 Å². The third-order valence-corrected chi connectivity index (χ3v) is 13.6. The Morgan fingerprint density at radius 1 is 0.597 bits per heavy atom. The zero-order chi connectivity index (χ0) is 49.0. The number of thiophene rings is 2. The van der Waals surface area contributed by atoms with E-state index in [-0.39, 0.29) is 50.8 Å². The molecule has 350 valence electrons. The number of hydrogen-bond acceptors (Lipinski definition) is 12. The average molecular weight is 1010 g/mol. The smallest absolute Gasteiger partial charge is 0.302 e. The van der Waals surface area contributed by atoms with Crippen molar-refractivity contribution in [2.75, 3.05) is 10.6 Å². The molecule has 0 aliphatic carbocycles. The van der Waals surface area contributed by atoms with Gasteiger partial charge in [-0.05, 0) is 46.2 Å². The molecule has 0 bridgehead atoms. The van der Waals surface area contributed by atoms with E-state index in [0.717, 1.165) is 61.3 Å². The Bertz CT molecular complexity index is 3540. The largest absolute Gasteiger partial charge is 0.422 e. The minimum Gasteiger partial charge on any atom is -0.302 e. The molecule has 0 aliphatic rings. The Labute approximate surface area is 383 Å². The van der Waals surface area contributed by atoms with Gasteiger partial charge in [-0.2, -0.15) is 26.3 Å². The summed E-state index contributed by atoms with van der Waals surface area (Å²) < 4.78 is 123. The van der Waals surface area contributed by atoms with Crippen LogP contribution in [0, 0.1) is 17.5 Å². The van der Waals surface area contributed by atoms with E-state index in [1.807, 2.05) is 0 Å². The molecule has 2 N–H and O–H groups in total. The van der Waals surface area contributed by atoms with E-state index in [2.05, 4.69) is 20.6 Å². The van der Waals surface area contributed by atoms with Crippen molar-refractivity contribution < 1.29 is 49.1 Å². The third-order valence-electron chi connectivity index (χ3n) is 9.91. The molecular weight excluding hydrogens is 988 g/mol. The van der Waals surface area contributed by atoms with Crippen LogP contribution >= 0.6 is 45.3 Å². The van der Waals surface area contributed by atoms with E-state index in [4.69, 9.17) is 0 Å². The van der Waals surface area contributed by atoms with Crippen molar-refractivity contribution in [3.8, 4) is 22.5 Å². The van der Waals surface area contributed by atoms with Crippen LogP contribution in [0.4, 0.5) is 49.8 Å². The quantitative estimate of drug-likeness (QED) is 0.146. The Hall–Kier alpha value is -6.71. The fraction of sp³-hybridized carbons (Fsp3) is 0.200. The van der Waals surface area contributed by atoms with Gasteiger partial charge >= 0.3 is 23.7 Å². The van der Waals surface area contributed by atoms with Crippen molar-refractivity contribution in [3.05, 3.63) is 133 Å². The fourth-order valence-electron chi connectivity index (χ4n) is 6.61. The highest BCUT2D eigenvalue weighted by Crippen LogP contribution is 2.39. The van der Waals surface area contributed by atoms with Crippen LogP contribution in [-0.4, -0.2) is 40.1 Å². The zero-order valence-electron chi connectivity index (χ0n) is 34.3. The summed E-state index contributed by atoms with van der Waals surface area (Å²) in [5, 5.41) is 11.5. The first-order chi connectivity index (χ1) is 31.4. The summed E-state index contributed by atoms with van der Waals surface area (Å²) in [4.78, 5) is 83.1. The highest BCUT2D eigenvalue weighted by Gasteiger charge is 2.39. The average Bonchev–Trinajstić information content (AvgIpc) is 4.08. The second kappa shape index (κ2) is 18.2. The molecule has 0 unspecified atom stereocenters. The van der Waals surface area contributed by atoms with Gasteiger partial charge in [-0.15, -0.1) is 45.3 Å². The number of thiazole rings is 2. The Kier molecular flexibility index (Phi) is 13.1. The molecule has 67 heavy (non-hydrogen) atoms. The number of aromatic nitrogens is 6. The summed E-state index contributed by atoms with van der Waals surface area (Å²) in [6.45, 7) is 0. The van der Waals surface area contributed by atoms with Crippen molar-refractivity contribution in [1.29, 1.82) is 0 Å². The summed E-state index contributed by atoms with van der Waals surface area (Å²) in [6.07, 6.45) is -10.4. The van der Waals surface area contributed by atoms with Gasteiger partial charge in [0.05, 0.1) is 40.6 Å². The number of alkyl halides is 6. The van der Waals surface area contributed by atoms with E-state index in [1.165, 1.54) is 59.4 Å². The van der Waals surface area contributed by atoms with Crippen molar-refractivity contribution in [2.45, 2.75) is 25.2 Å². The maximum Gasteiger partial charge on any atom is 0.422 e. The maximum atomic E-state index is 14.4. The van der Waals surface area contributed by atoms with E-state index < -0.39 is 80.8 Å². The minimum absolute atomic E-state index is 0.0304. The van der Waals surface area contributed by atoms with E-state index in [1.54, 1.807) is 10.8 Å². The van der Waals surface area contributed by atoms with Crippen molar-refractivity contribution in [3.63, 3.8) is 0 Å². The minimum atomic E-state index is -5.24. The Balaban J connectivity index is 0.000000199. The van der Waals surface area contributed by atoms with Gasteiger partial charge in [-0.1, -0.05) is 6.07 Å². The van der Waals surface area contributed by atoms with Gasteiger partial charge < -0.3 is 10.6 Å². The first kappa shape index (κ1) is 48.2. The predicted octanol–water partition coefficient (Wildman–Crippen LogP) is 7.66. The van der Waals surface area contributed by atoms with Gasteiger partial charge in [0.25, 0.3) is 11.1 Å². The topological polar surface area (TPSA) is 172 Å². The summed E-state index contributed by atoms with van der Waals surface area (Å²) in [5.74, 6) is -6.04. The van der Waals surface area contributed by atoms with E-state index in [9.17, 15) is 68.3 Å². The number of carbonyl (C=O) groups excluding carboxylic acids is 2. The molecule has 6 aromatic heterocycles. The number of nitrogens with zero attached hydrogens (tertiary/aromatic N) is 6. The lowest BCUT2D eigenvalue weighted by molar-refractivity contribution is -0.142. The molecule has 0 fully saturated rings. The first-order valence-electron chi connectivity index (χ1n) is 18.6. The van der Waals surface area contributed by atoms with Gasteiger partial charge in [0.1, 0.15) is 32.7 Å². The molecule has 0 saturated heterocycles. The molecule has 0 radical (unpaired) electrons. The Morgan fingerprint density at radius 2 is 1.07 bits per heavy atom. The van der Waals surface area contributed by atoms with Crippen LogP contribution in [-0.2, 0) is 63.0 Å². The highest BCUT2D eigenvalue weighted by atomic mass is 32.1. The summed E-state index contributed by atoms with van der Waals surface area (Å²) in [6, 6.07) is 3.80. The highest BCUT2D eigenvalue weighted by molar-refractivity contribution is 7.17. The molecule has 0 aliphatic heterocycles. The second-order valence-electron chi connectivity index (χ2n) is 14.3. The predicted molar refractivity (Wildman–Crippen MR) is 234 cm³/mol. The van der Waals surface area contributed by atoms with Crippen LogP contribution < -0.4 is 33.1 Å². The number of anilines is 2. The number of nitrogens with one attached hydrogen (secondary N) is 2. The lowest BCUT2D eigenvalue weighted by atomic mass is 10.1. The maximum absolute atomic E-state index is 14.4. The molecule has 0 spiro atoms. The van der Waals surface area contributed by atoms with E-state index in [0.29, 0.717) is 32.9 Å². The number of halogens is 9. The molecule has 14 nitrogen and oxygen atoms in total. The van der Waals surface area contributed by atoms with Gasteiger partial charge in [-0.3, -0.25) is 37.4 Å². The van der Waals surface area contributed by atoms with Crippen LogP contribution in [0.15, 0.2) is 71.0 Å². The molecule has 27 heteroatoms. The molecule has 8 aromatic rings. The molecule has 0 saturated carbocycles. The molecule has 0 atom stereocenters. The van der Waals surface area contributed by atoms with Crippen LogP contribution in [0.5, 0.6) is 0 Å². The number of rotatable bonds is 8. The molecule has 8 rings (SSSR count). The van der Waals surface area contributed by atoms with Crippen molar-refractivity contribution in [2.24, 2.45) is 28.2 Å². The van der Waals surface area contributed by atoms with Gasteiger partial charge in [0.15, 0.2) is 10.3 Å². The second-order valence-corrected chi connectivity index (χ2v) is 17.7. The van der Waals surface area contributed by atoms with Crippen LogP contribution in [0.2, 0.25) is 0 Å². The van der Waals surface area contributed by atoms with E-state index >= 15 is 0 Å².